The molecular formula is C11H21N3S. The maximum atomic E-state index is 4.58. The zero-order chi connectivity index (χ0) is 11.1. The van der Waals surface area contributed by atoms with Crippen molar-refractivity contribution >= 4 is 11.3 Å². The molecule has 1 heterocycles. The molecule has 1 N–H and O–H groups in total. The van der Waals surface area contributed by atoms with Crippen LogP contribution in [0.25, 0.3) is 0 Å². The van der Waals surface area contributed by atoms with Crippen LogP contribution in [0.1, 0.15) is 24.0 Å². The van der Waals surface area contributed by atoms with Crippen molar-refractivity contribution in [1.82, 2.24) is 15.2 Å². The van der Waals surface area contributed by atoms with Crippen LogP contribution in [0.5, 0.6) is 0 Å². The molecule has 0 saturated carbocycles. The molecule has 3 nitrogen and oxygen atoms in total. The van der Waals surface area contributed by atoms with E-state index in [1.54, 1.807) is 11.3 Å². The van der Waals surface area contributed by atoms with Gasteiger partial charge in [0, 0.05) is 24.9 Å². The summed E-state index contributed by atoms with van der Waals surface area (Å²) in [5.41, 5.74) is 1.18. The zero-order valence-corrected chi connectivity index (χ0v) is 10.7. The van der Waals surface area contributed by atoms with Crippen molar-refractivity contribution in [3.63, 3.8) is 0 Å². The van der Waals surface area contributed by atoms with Crippen LogP contribution < -0.4 is 5.32 Å². The van der Waals surface area contributed by atoms with E-state index >= 15 is 0 Å². The van der Waals surface area contributed by atoms with Gasteiger partial charge in [-0.3, -0.25) is 0 Å². The highest BCUT2D eigenvalue weighted by Gasteiger charge is 2.01. The minimum atomic E-state index is 0.909. The average molecular weight is 227 g/mol. The number of nitrogens with zero attached hydrogens (tertiary/aromatic N) is 2. The summed E-state index contributed by atoms with van der Waals surface area (Å²) in [5.74, 6) is 0. The van der Waals surface area contributed by atoms with E-state index < -0.39 is 0 Å². The molecule has 0 saturated heterocycles. The van der Waals surface area contributed by atoms with Gasteiger partial charge in [0.05, 0.1) is 10.7 Å². The second-order valence-corrected chi connectivity index (χ2v) is 4.91. The first kappa shape index (κ1) is 12.6. The summed E-state index contributed by atoms with van der Waals surface area (Å²) in [4.78, 5) is 6.77. The number of hydrogen-bond donors (Lipinski definition) is 1. The van der Waals surface area contributed by atoms with Crippen molar-refractivity contribution in [2.24, 2.45) is 0 Å². The average Bonchev–Trinajstić information content (AvgIpc) is 2.63. The highest BCUT2D eigenvalue weighted by Crippen LogP contribution is 2.10. The largest absolute Gasteiger partial charge is 0.311 e. The molecule has 1 rings (SSSR count). The van der Waals surface area contributed by atoms with E-state index in [1.165, 1.54) is 17.1 Å². The van der Waals surface area contributed by atoms with Gasteiger partial charge < -0.3 is 10.2 Å². The fraction of sp³-hybridized carbons (Fsp3) is 0.727. The van der Waals surface area contributed by atoms with Gasteiger partial charge in [-0.2, -0.15) is 0 Å². The molecule has 4 heteroatoms. The molecule has 0 aromatic carbocycles. The van der Waals surface area contributed by atoms with Gasteiger partial charge in [0.1, 0.15) is 0 Å². The third-order valence-electron chi connectivity index (χ3n) is 2.11. The Hall–Kier alpha value is -0.450. The Morgan fingerprint density at radius 3 is 2.93 bits per heavy atom. The lowest BCUT2D eigenvalue weighted by Crippen LogP contribution is -2.15. The summed E-state index contributed by atoms with van der Waals surface area (Å²) in [6, 6.07) is 0. The number of aromatic nitrogens is 1. The standard InChI is InChI=1S/C11H21N3S/c1-4-6-12-8-10-9-15-11(13-10)5-7-14(2)3/h9,12H,4-8H2,1-3H3. The Bertz CT molecular complexity index is 271. The quantitative estimate of drug-likeness (QED) is 0.719. The van der Waals surface area contributed by atoms with Gasteiger partial charge in [-0.05, 0) is 27.1 Å². The van der Waals surface area contributed by atoms with Crippen molar-refractivity contribution in [2.45, 2.75) is 26.3 Å². The predicted molar refractivity (Wildman–Crippen MR) is 66.4 cm³/mol. The second-order valence-electron chi connectivity index (χ2n) is 3.96. The molecule has 1 aromatic rings. The van der Waals surface area contributed by atoms with Crippen LogP contribution in [0.4, 0.5) is 0 Å². The molecule has 0 aliphatic carbocycles. The highest BCUT2D eigenvalue weighted by molar-refractivity contribution is 7.09. The van der Waals surface area contributed by atoms with Gasteiger partial charge in [-0.15, -0.1) is 11.3 Å². The van der Waals surface area contributed by atoms with Gasteiger partial charge in [-0.25, -0.2) is 4.98 Å². The van der Waals surface area contributed by atoms with E-state index in [1.807, 2.05) is 0 Å². The first-order valence-electron chi connectivity index (χ1n) is 5.51. The highest BCUT2D eigenvalue weighted by atomic mass is 32.1. The Balaban J connectivity index is 2.29. The van der Waals surface area contributed by atoms with Crippen LogP contribution in [0.3, 0.4) is 0 Å². The first-order valence-corrected chi connectivity index (χ1v) is 6.39. The van der Waals surface area contributed by atoms with Crippen molar-refractivity contribution in [3.8, 4) is 0 Å². The first-order chi connectivity index (χ1) is 7.22. The smallest absolute Gasteiger partial charge is 0.0941 e. The van der Waals surface area contributed by atoms with Gasteiger partial charge in [-0.1, -0.05) is 6.92 Å². The molecule has 0 aliphatic heterocycles. The van der Waals surface area contributed by atoms with Crippen molar-refractivity contribution in [1.29, 1.82) is 0 Å². The molecule has 15 heavy (non-hydrogen) atoms. The summed E-state index contributed by atoms with van der Waals surface area (Å²) in [6.45, 7) is 5.24. The maximum absolute atomic E-state index is 4.58. The lowest BCUT2D eigenvalue weighted by Gasteiger charge is -2.06. The minimum absolute atomic E-state index is 0.909. The normalized spacial score (nSPS) is 11.2. The van der Waals surface area contributed by atoms with Gasteiger partial charge in [0.25, 0.3) is 0 Å². The molecular weight excluding hydrogens is 206 g/mol. The van der Waals surface area contributed by atoms with E-state index in [-0.39, 0.29) is 0 Å². The molecule has 0 aliphatic rings. The molecule has 0 unspecified atom stereocenters. The predicted octanol–water partition coefficient (Wildman–Crippen LogP) is 1.75. The van der Waals surface area contributed by atoms with Crippen LogP contribution in [0.15, 0.2) is 5.38 Å². The molecule has 1 aromatic heterocycles. The van der Waals surface area contributed by atoms with Crippen molar-refractivity contribution in [2.75, 3.05) is 27.2 Å². The number of thiazole rings is 1. The van der Waals surface area contributed by atoms with E-state index in [0.29, 0.717) is 0 Å². The van der Waals surface area contributed by atoms with Crippen LogP contribution in [-0.2, 0) is 13.0 Å². The molecule has 0 bridgehead atoms. The summed E-state index contributed by atoms with van der Waals surface area (Å²) in [5, 5.41) is 6.77. The zero-order valence-electron chi connectivity index (χ0n) is 9.92. The molecule has 86 valence electrons. The van der Waals surface area contributed by atoms with E-state index in [4.69, 9.17) is 0 Å². The summed E-state index contributed by atoms with van der Waals surface area (Å²) >= 11 is 1.77. The molecule has 0 radical (unpaired) electrons. The van der Waals surface area contributed by atoms with Gasteiger partial charge in [0.15, 0.2) is 0 Å². The Kier molecular flexibility index (Phi) is 5.83. The van der Waals surface area contributed by atoms with Crippen LogP contribution in [-0.4, -0.2) is 37.1 Å². The number of nitrogens with one attached hydrogen (secondary N) is 1. The van der Waals surface area contributed by atoms with Crippen molar-refractivity contribution < 1.29 is 0 Å². The van der Waals surface area contributed by atoms with E-state index in [2.05, 4.69) is 41.6 Å². The number of likely N-dealkylation sites (N-methyl/N-ethyl adjacent to an activating group) is 1. The van der Waals surface area contributed by atoms with Crippen LogP contribution in [0, 0.1) is 0 Å². The SMILES string of the molecule is CCCNCc1csc(CCN(C)C)n1. The summed E-state index contributed by atoms with van der Waals surface area (Å²) in [6.07, 6.45) is 2.24. The fourth-order valence-corrected chi connectivity index (χ4v) is 2.04. The van der Waals surface area contributed by atoms with Crippen LogP contribution >= 0.6 is 11.3 Å². The Morgan fingerprint density at radius 1 is 1.47 bits per heavy atom. The lowest BCUT2D eigenvalue weighted by atomic mass is 10.4. The van der Waals surface area contributed by atoms with Gasteiger partial charge >= 0.3 is 0 Å². The van der Waals surface area contributed by atoms with Gasteiger partial charge in [0.2, 0.25) is 0 Å². The maximum Gasteiger partial charge on any atom is 0.0941 e. The Labute approximate surface area is 96.5 Å². The van der Waals surface area contributed by atoms with Crippen LogP contribution in [0.2, 0.25) is 0 Å². The van der Waals surface area contributed by atoms with E-state index in [9.17, 15) is 0 Å². The Morgan fingerprint density at radius 2 is 2.27 bits per heavy atom. The topological polar surface area (TPSA) is 28.2 Å². The number of rotatable bonds is 7. The summed E-state index contributed by atoms with van der Waals surface area (Å²) < 4.78 is 0. The fourth-order valence-electron chi connectivity index (χ4n) is 1.26. The van der Waals surface area contributed by atoms with Crippen molar-refractivity contribution in [3.05, 3.63) is 16.1 Å². The minimum Gasteiger partial charge on any atom is -0.311 e. The second kappa shape index (κ2) is 6.93. The summed E-state index contributed by atoms with van der Waals surface area (Å²) in [7, 11) is 4.19. The molecule has 0 amide bonds. The number of hydrogen-bond acceptors (Lipinski definition) is 4. The molecule has 0 spiro atoms. The molecule has 0 fully saturated rings. The third kappa shape index (κ3) is 5.25. The van der Waals surface area contributed by atoms with E-state index in [0.717, 1.165) is 26.1 Å². The third-order valence-corrected chi connectivity index (χ3v) is 3.06. The monoisotopic (exact) mass is 227 g/mol. The molecule has 0 atom stereocenters. The lowest BCUT2D eigenvalue weighted by molar-refractivity contribution is 0.413.